The van der Waals surface area contributed by atoms with Crippen LogP contribution in [-0.2, 0) is 0 Å². The van der Waals surface area contributed by atoms with Gasteiger partial charge in [0.15, 0.2) is 0 Å². The molecular weight excluding hydrogens is 363 g/mol. The smallest absolute Gasteiger partial charge is 0.255 e. The maximum atomic E-state index is 13.4. The molecule has 3 aromatic rings. The van der Waals surface area contributed by atoms with E-state index in [-0.39, 0.29) is 11.7 Å². The van der Waals surface area contributed by atoms with E-state index < -0.39 is 0 Å². The summed E-state index contributed by atoms with van der Waals surface area (Å²) in [6.07, 6.45) is 0. The molecule has 0 bridgehead atoms. The number of nitrogens with one attached hydrogen (secondary N) is 1. The van der Waals surface area contributed by atoms with E-state index in [2.05, 4.69) is 21.2 Å². The molecule has 6 heteroatoms. The number of rotatable bonds is 2. The minimum absolute atomic E-state index is 0.279. The van der Waals surface area contributed by atoms with Crippen molar-refractivity contribution < 1.29 is 13.6 Å². The van der Waals surface area contributed by atoms with Gasteiger partial charge in [0.05, 0.1) is 5.56 Å². The highest BCUT2D eigenvalue weighted by Gasteiger charge is 2.23. The Morgan fingerprint density at radius 1 is 1.30 bits per heavy atom. The molecule has 23 heavy (non-hydrogen) atoms. The van der Waals surface area contributed by atoms with Crippen LogP contribution >= 0.6 is 15.9 Å². The first-order valence-electron chi connectivity index (χ1n) is 6.92. The van der Waals surface area contributed by atoms with Gasteiger partial charge in [-0.25, -0.2) is 4.39 Å². The summed E-state index contributed by atoms with van der Waals surface area (Å²) in [4.78, 5) is 12.4. The van der Waals surface area contributed by atoms with Gasteiger partial charge in [-0.2, -0.15) is 0 Å². The third-order valence-corrected chi connectivity index (χ3v) is 4.38. The number of anilines is 1. The molecule has 0 saturated carbocycles. The van der Waals surface area contributed by atoms with Crippen LogP contribution in [0.15, 0.2) is 39.2 Å². The van der Waals surface area contributed by atoms with Crippen LogP contribution in [0.4, 0.5) is 10.1 Å². The van der Waals surface area contributed by atoms with Crippen LogP contribution in [0, 0.1) is 12.7 Å². The molecule has 1 aromatic heterocycles. The molecule has 0 fully saturated rings. The van der Waals surface area contributed by atoms with Crippen molar-refractivity contribution in [3.8, 4) is 11.3 Å². The van der Waals surface area contributed by atoms with E-state index >= 15 is 0 Å². The Morgan fingerprint density at radius 3 is 2.70 bits per heavy atom. The monoisotopic (exact) mass is 376 g/mol. The molecule has 1 amide bonds. The quantitative estimate of drug-likeness (QED) is 0.656. The van der Waals surface area contributed by atoms with Gasteiger partial charge in [0, 0.05) is 34.2 Å². The topological polar surface area (TPSA) is 68.3 Å². The number of hydrogen-bond donors (Lipinski definition) is 2. The van der Waals surface area contributed by atoms with Crippen molar-refractivity contribution in [2.75, 3.05) is 12.8 Å². The number of nitrogens with two attached hydrogens (primary N) is 1. The van der Waals surface area contributed by atoms with Gasteiger partial charge in [-0.15, -0.1) is 0 Å². The van der Waals surface area contributed by atoms with E-state index in [4.69, 9.17) is 10.2 Å². The van der Waals surface area contributed by atoms with Gasteiger partial charge in [0.1, 0.15) is 17.2 Å². The van der Waals surface area contributed by atoms with E-state index in [0.717, 1.165) is 0 Å². The lowest BCUT2D eigenvalue weighted by atomic mass is 10.0. The lowest BCUT2D eigenvalue weighted by Crippen LogP contribution is -2.18. The van der Waals surface area contributed by atoms with Gasteiger partial charge in [-0.3, -0.25) is 4.79 Å². The zero-order valence-electron chi connectivity index (χ0n) is 12.5. The van der Waals surface area contributed by atoms with Crippen molar-refractivity contribution in [1.82, 2.24) is 5.32 Å². The fourth-order valence-corrected chi connectivity index (χ4v) is 2.90. The van der Waals surface area contributed by atoms with Crippen LogP contribution in [0.25, 0.3) is 22.3 Å². The molecule has 0 spiro atoms. The molecular formula is C17H14BrFN2O2. The van der Waals surface area contributed by atoms with Crippen LogP contribution in [0.5, 0.6) is 0 Å². The molecule has 0 aliphatic carbocycles. The number of amides is 1. The zero-order valence-corrected chi connectivity index (χ0v) is 14.1. The van der Waals surface area contributed by atoms with E-state index in [0.29, 0.717) is 43.6 Å². The minimum Gasteiger partial charge on any atom is -0.455 e. The van der Waals surface area contributed by atoms with Crippen molar-refractivity contribution in [3.63, 3.8) is 0 Å². The molecule has 0 radical (unpaired) electrons. The number of fused-ring (bicyclic) bond motifs is 1. The second kappa shape index (κ2) is 5.70. The summed E-state index contributed by atoms with van der Waals surface area (Å²) in [5.41, 5.74) is 8.64. The van der Waals surface area contributed by atoms with E-state index in [9.17, 15) is 9.18 Å². The second-order valence-electron chi connectivity index (χ2n) is 5.21. The number of halogens is 2. The van der Waals surface area contributed by atoms with Crippen molar-refractivity contribution in [1.29, 1.82) is 0 Å². The fourth-order valence-electron chi connectivity index (χ4n) is 2.55. The van der Waals surface area contributed by atoms with Crippen molar-refractivity contribution in [2.45, 2.75) is 6.92 Å². The predicted molar refractivity (Wildman–Crippen MR) is 91.8 cm³/mol. The van der Waals surface area contributed by atoms with Gasteiger partial charge < -0.3 is 15.5 Å². The lowest BCUT2D eigenvalue weighted by molar-refractivity contribution is 0.0964. The van der Waals surface area contributed by atoms with Gasteiger partial charge >= 0.3 is 0 Å². The molecule has 0 atom stereocenters. The maximum absolute atomic E-state index is 13.4. The molecule has 0 aliphatic heterocycles. The van der Waals surface area contributed by atoms with Crippen LogP contribution in [0.2, 0.25) is 0 Å². The van der Waals surface area contributed by atoms with Gasteiger partial charge in [-0.1, -0.05) is 0 Å². The number of furan rings is 1. The Labute approximate surface area is 140 Å². The first-order valence-corrected chi connectivity index (χ1v) is 7.71. The van der Waals surface area contributed by atoms with Crippen molar-refractivity contribution in [3.05, 3.63) is 51.7 Å². The Hall–Kier alpha value is -2.34. The first-order chi connectivity index (χ1) is 10.9. The molecule has 0 saturated heterocycles. The number of benzene rings is 2. The Bertz CT molecular complexity index is 934. The van der Waals surface area contributed by atoms with E-state index in [1.165, 1.54) is 12.1 Å². The minimum atomic E-state index is -0.337. The molecule has 3 N–H and O–H groups in total. The molecule has 4 nitrogen and oxygen atoms in total. The number of carbonyl (C=O) groups excluding carboxylic acids is 1. The zero-order chi connectivity index (χ0) is 16.7. The molecule has 0 aliphatic rings. The van der Waals surface area contributed by atoms with Crippen LogP contribution in [-0.4, -0.2) is 13.0 Å². The third kappa shape index (κ3) is 2.59. The standard InChI is InChI=1S/C17H14BrFN2O2/c1-8-5-9(19)3-4-10(8)16-15(17(22)21-2)11-6-12(18)13(20)7-14(11)23-16/h3-7H,20H2,1-2H3,(H,21,22). The third-order valence-electron chi connectivity index (χ3n) is 3.69. The number of nitrogen functional groups attached to an aromatic ring is 1. The summed E-state index contributed by atoms with van der Waals surface area (Å²) in [5.74, 6) is -0.218. The predicted octanol–water partition coefficient (Wildman–Crippen LogP) is 4.25. The molecule has 0 unspecified atom stereocenters. The number of carbonyl (C=O) groups is 1. The molecule has 2 aromatic carbocycles. The maximum Gasteiger partial charge on any atom is 0.255 e. The summed E-state index contributed by atoms with van der Waals surface area (Å²) < 4.78 is 19.9. The van der Waals surface area contributed by atoms with Crippen LogP contribution in [0.3, 0.4) is 0 Å². The summed E-state index contributed by atoms with van der Waals surface area (Å²) in [6.45, 7) is 1.77. The Kier molecular flexibility index (Phi) is 3.85. The van der Waals surface area contributed by atoms with Gasteiger partial charge in [-0.05, 0) is 52.7 Å². The van der Waals surface area contributed by atoms with Crippen LogP contribution < -0.4 is 11.1 Å². The average molecular weight is 377 g/mol. The summed E-state index contributed by atoms with van der Waals surface area (Å²) in [6, 6.07) is 7.76. The SMILES string of the molecule is CNC(=O)c1c(-c2ccc(F)cc2C)oc2cc(N)c(Br)cc12. The fraction of sp³-hybridized carbons (Fsp3) is 0.118. The van der Waals surface area contributed by atoms with Gasteiger partial charge in [0.25, 0.3) is 5.91 Å². The Morgan fingerprint density at radius 2 is 2.04 bits per heavy atom. The van der Waals surface area contributed by atoms with Crippen molar-refractivity contribution in [2.24, 2.45) is 0 Å². The summed E-state index contributed by atoms with van der Waals surface area (Å²) >= 11 is 3.36. The van der Waals surface area contributed by atoms with Gasteiger partial charge in [0.2, 0.25) is 0 Å². The summed E-state index contributed by atoms with van der Waals surface area (Å²) in [7, 11) is 1.55. The summed E-state index contributed by atoms with van der Waals surface area (Å²) in [5, 5.41) is 3.26. The van der Waals surface area contributed by atoms with E-state index in [1.807, 2.05) is 0 Å². The number of aryl methyl sites for hydroxylation is 1. The average Bonchev–Trinajstić information content (AvgIpc) is 2.85. The lowest BCUT2D eigenvalue weighted by Gasteiger charge is -2.06. The van der Waals surface area contributed by atoms with E-state index in [1.54, 1.807) is 32.2 Å². The van der Waals surface area contributed by atoms with Crippen molar-refractivity contribution >= 4 is 38.5 Å². The highest BCUT2D eigenvalue weighted by atomic mass is 79.9. The molecule has 3 rings (SSSR count). The highest BCUT2D eigenvalue weighted by molar-refractivity contribution is 9.10. The first kappa shape index (κ1) is 15.6. The molecule has 1 heterocycles. The number of hydrogen-bond acceptors (Lipinski definition) is 3. The normalized spacial score (nSPS) is 11.0. The molecule has 118 valence electrons. The Balaban J connectivity index is 2.37. The highest BCUT2D eigenvalue weighted by Crippen LogP contribution is 2.38. The second-order valence-corrected chi connectivity index (χ2v) is 6.07. The van der Waals surface area contributed by atoms with Crippen LogP contribution in [0.1, 0.15) is 15.9 Å². The largest absolute Gasteiger partial charge is 0.455 e.